The van der Waals surface area contributed by atoms with Crippen LogP contribution in [0.25, 0.3) is 0 Å². The lowest BCUT2D eigenvalue weighted by Gasteiger charge is -2.24. The van der Waals surface area contributed by atoms with Gasteiger partial charge in [0.25, 0.3) is 0 Å². The molecule has 0 fully saturated rings. The van der Waals surface area contributed by atoms with Crippen LogP contribution in [0.15, 0.2) is 0 Å². The number of hydrogen-bond acceptors (Lipinski definition) is 2. The third kappa shape index (κ3) is 3.64. The fourth-order valence-corrected chi connectivity index (χ4v) is 0.826. The first-order chi connectivity index (χ1) is 6.46. The second kappa shape index (κ2) is 5.47. The molecule has 5 heteroatoms. The highest BCUT2D eigenvalue weighted by atomic mass is 16.4. The molecule has 0 rings (SSSR count). The van der Waals surface area contributed by atoms with E-state index < -0.39 is 17.5 Å². The minimum Gasteiger partial charge on any atom is -0.480 e. The van der Waals surface area contributed by atoms with Gasteiger partial charge in [0.15, 0.2) is 0 Å². The van der Waals surface area contributed by atoms with Crippen LogP contribution in [-0.2, 0) is 4.79 Å². The molecule has 0 radical (unpaired) electrons. The van der Waals surface area contributed by atoms with Crippen molar-refractivity contribution in [2.45, 2.75) is 39.2 Å². The van der Waals surface area contributed by atoms with Crippen LogP contribution in [0.4, 0.5) is 4.79 Å². The minimum absolute atomic E-state index is 0.349. The molecule has 5 nitrogen and oxygen atoms in total. The second-order valence-electron chi connectivity index (χ2n) is 3.37. The molecule has 0 aliphatic rings. The van der Waals surface area contributed by atoms with Crippen molar-refractivity contribution in [3.05, 3.63) is 0 Å². The molecule has 1 unspecified atom stereocenters. The highest BCUT2D eigenvalue weighted by Crippen LogP contribution is 2.08. The molecule has 0 saturated heterocycles. The van der Waals surface area contributed by atoms with E-state index in [-0.39, 0.29) is 0 Å². The van der Waals surface area contributed by atoms with Crippen LogP contribution in [0.1, 0.15) is 33.6 Å². The predicted molar refractivity (Wildman–Crippen MR) is 53.2 cm³/mol. The van der Waals surface area contributed by atoms with Gasteiger partial charge >= 0.3 is 12.0 Å². The summed E-state index contributed by atoms with van der Waals surface area (Å²) < 4.78 is 0. The van der Waals surface area contributed by atoms with E-state index in [1.54, 1.807) is 6.92 Å². The molecule has 0 heterocycles. The van der Waals surface area contributed by atoms with E-state index >= 15 is 0 Å². The first kappa shape index (κ1) is 12.7. The maximum absolute atomic E-state index is 11.2. The fraction of sp³-hybridized carbons (Fsp3) is 0.778. The Morgan fingerprint density at radius 3 is 2.29 bits per heavy atom. The Bertz CT molecular complexity index is 218. The van der Waals surface area contributed by atoms with Crippen molar-refractivity contribution in [1.29, 1.82) is 0 Å². The van der Waals surface area contributed by atoms with E-state index in [4.69, 9.17) is 5.11 Å². The van der Waals surface area contributed by atoms with E-state index in [0.29, 0.717) is 13.0 Å². The van der Waals surface area contributed by atoms with Crippen molar-refractivity contribution >= 4 is 12.0 Å². The van der Waals surface area contributed by atoms with Crippen molar-refractivity contribution < 1.29 is 14.7 Å². The summed E-state index contributed by atoms with van der Waals surface area (Å²) in [6.07, 6.45) is 1.17. The van der Waals surface area contributed by atoms with E-state index in [2.05, 4.69) is 10.6 Å². The molecule has 0 aliphatic heterocycles. The van der Waals surface area contributed by atoms with E-state index in [9.17, 15) is 9.59 Å². The first-order valence-corrected chi connectivity index (χ1v) is 4.75. The van der Waals surface area contributed by atoms with E-state index in [1.807, 2.05) is 6.92 Å². The van der Waals surface area contributed by atoms with Gasteiger partial charge in [-0.1, -0.05) is 13.8 Å². The standard InChI is InChI=1S/C9H18N2O3/c1-4-6-10-8(14)11-9(3,5-2)7(12)13/h4-6H2,1-3H3,(H,12,13)(H2,10,11,14). The Morgan fingerprint density at radius 2 is 1.93 bits per heavy atom. The molecule has 0 saturated carbocycles. The number of rotatable bonds is 5. The van der Waals surface area contributed by atoms with Gasteiger partial charge in [0.2, 0.25) is 0 Å². The normalized spacial score (nSPS) is 14.2. The van der Waals surface area contributed by atoms with Crippen LogP contribution in [0.5, 0.6) is 0 Å². The number of aliphatic carboxylic acids is 1. The highest BCUT2D eigenvalue weighted by molar-refractivity contribution is 5.85. The van der Waals surface area contributed by atoms with Crippen molar-refractivity contribution in [3.8, 4) is 0 Å². The molecule has 0 aliphatic carbocycles. The van der Waals surface area contributed by atoms with Gasteiger partial charge in [-0.15, -0.1) is 0 Å². The smallest absolute Gasteiger partial charge is 0.329 e. The number of amides is 2. The van der Waals surface area contributed by atoms with E-state index in [1.165, 1.54) is 6.92 Å². The van der Waals surface area contributed by atoms with Gasteiger partial charge < -0.3 is 15.7 Å². The Balaban J connectivity index is 4.18. The zero-order chi connectivity index (χ0) is 11.2. The molecular weight excluding hydrogens is 184 g/mol. The fourth-order valence-electron chi connectivity index (χ4n) is 0.826. The summed E-state index contributed by atoms with van der Waals surface area (Å²) >= 11 is 0. The largest absolute Gasteiger partial charge is 0.480 e. The van der Waals surface area contributed by atoms with Crippen LogP contribution in [-0.4, -0.2) is 29.2 Å². The average Bonchev–Trinajstić information content (AvgIpc) is 2.14. The van der Waals surface area contributed by atoms with Gasteiger partial charge in [-0.05, 0) is 19.8 Å². The first-order valence-electron chi connectivity index (χ1n) is 4.75. The summed E-state index contributed by atoms with van der Waals surface area (Å²) in [5.74, 6) is -1.02. The Labute approximate surface area is 83.9 Å². The quantitative estimate of drug-likeness (QED) is 0.621. The van der Waals surface area contributed by atoms with E-state index in [0.717, 1.165) is 6.42 Å². The molecule has 0 aromatic carbocycles. The highest BCUT2D eigenvalue weighted by Gasteiger charge is 2.32. The van der Waals surface area contributed by atoms with Gasteiger partial charge in [0, 0.05) is 6.54 Å². The SMILES string of the molecule is CCCNC(=O)NC(C)(CC)C(=O)O. The Hall–Kier alpha value is -1.26. The zero-order valence-corrected chi connectivity index (χ0v) is 8.89. The summed E-state index contributed by atoms with van der Waals surface area (Å²) in [6.45, 7) is 5.68. The maximum atomic E-state index is 11.2. The number of nitrogens with one attached hydrogen (secondary N) is 2. The van der Waals surface area contributed by atoms with Crippen LogP contribution < -0.4 is 10.6 Å². The van der Waals surface area contributed by atoms with Gasteiger partial charge in [-0.25, -0.2) is 9.59 Å². The van der Waals surface area contributed by atoms with Crippen LogP contribution in [0.3, 0.4) is 0 Å². The molecule has 3 N–H and O–H groups in total. The van der Waals surface area contributed by atoms with Gasteiger partial charge in [-0.2, -0.15) is 0 Å². The number of carbonyl (C=O) groups excluding carboxylic acids is 1. The minimum atomic E-state index is -1.18. The lowest BCUT2D eigenvalue weighted by molar-refractivity contribution is -0.143. The molecule has 0 aromatic heterocycles. The number of carbonyl (C=O) groups is 2. The lowest BCUT2D eigenvalue weighted by Crippen LogP contribution is -2.54. The Morgan fingerprint density at radius 1 is 1.36 bits per heavy atom. The number of carboxylic acid groups (broad SMARTS) is 1. The molecule has 2 amide bonds. The summed E-state index contributed by atoms with van der Waals surface area (Å²) in [5, 5.41) is 13.9. The zero-order valence-electron chi connectivity index (χ0n) is 8.89. The second-order valence-corrected chi connectivity index (χ2v) is 3.37. The van der Waals surface area contributed by atoms with Gasteiger partial charge in [0.05, 0.1) is 0 Å². The number of carboxylic acids is 1. The molecule has 14 heavy (non-hydrogen) atoms. The lowest BCUT2D eigenvalue weighted by atomic mass is 10.00. The maximum Gasteiger partial charge on any atom is 0.329 e. The number of hydrogen-bond donors (Lipinski definition) is 3. The Kier molecular flexibility index (Phi) is 4.97. The van der Waals surface area contributed by atoms with Crippen molar-refractivity contribution in [2.24, 2.45) is 0 Å². The van der Waals surface area contributed by atoms with Crippen LogP contribution in [0.2, 0.25) is 0 Å². The van der Waals surface area contributed by atoms with Crippen LogP contribution in [0, 0.1) is 0 Å². The third-order valence-electron chi connectivity index (χ3n) is 2.10. The summed E-state index contributed by atoms with van der Waals surface area (Å²) in [5.41, 5.74) is -1.18. The van der Waals surface area contributed by atoms with Crippen molar-refractivity contribution in [3.63, 3.8) is 0 Å². The molecule has 0 bridgehead atoms. The van der Waals surface area contributed by atoms with Gasteiger partial charge in [0.1, 0.15) is 5.54 Å². The molecule has 0 aromatic rings. The summed E-state index contributed by atoms with van der Waals surface area (Å²) in [6, 6.07) is -0.432. The molecule has 82 valence electrons. The monoisotopic (exact) mass is 202 g/mol. The molecule has 1 atom stereocenters. The summed E-state index contributed by atoms with van der Waals surface area (Å²) in [7, 11) is 0. The van der Waals surface area contributed by atoms with Crippen LogP contribution >= 0.6 is 0 Å². The van der Waals surface area contributed by atoms with Gasteiger partial charge in [-0.3, -0.25) is 0 Å². The van der Waals surface area contributed by atoms with Crippen molar-refractivity contribution in [1.82, 2.24) is 10.6 Å². The molecular formula is C9H18N2O3. The third-order valence-corrected chi connectivity index (χ3v) is 2.10. The number of urea groups is 1. The topological polar surface area (TPSA) is 78.4 Å². The summed E-state index contributed by atoms with van der Waals surface area (Å²) in [4.78, 5) is 22.0. The average molecular weight is 202 g/mol. The molecule has 0 spiro atoms. The van der Waals surface area contributed by atoms with Crippen molar-refractivity contribution in [2.75, 3.05) is 6.54 Å². The predicted octanol–water partition coefficient (Wildman–Crippen LogP) is 0.949.